The molecule has 1 aromatic carbocycles. The highest BCUT2D eigenvalue weighted by Gasteiger charge is 2.18. The smallest absolute Gasteiger partial charge is 0.170 e. The summed E-state index contributed by atoms with van der Waals surface area (Å²) < 4.78 is 12.9. The van der Waals surface area contributed by atoms with Crippen LogP contribution in [0.25, 0.3) is 22.6 Å². The van der Waals surface area contributed by atoms with Crippen LogP contribution in [-0.2, 0) is 0 Å². The van der Waals surface area contributed by atoms with Crippen LogP contribution in [0.1, 0.15) is 5.56 Å². The van der Waals surface area contributed by atoms with Crippen molar-refractivity contribution in [3.05, 3.63) is 36.0 Å². The number of rotatable bonds is 6. The van der Waals surface area contributed by atoms with Crippen molar-refractivity contribution in [3.63, 3.8) is 0 Å². The van der Waals surface area contributed by atoms with Crippen LogP contribution in [0.5, 0.6) is 11.5 Å². The van der Waals surface area contributed by atoms with E-state index in [4.69, 9.17) is 19.6 Å². The first kappa shape index (κ1) is 16.6. The van der Waals surface area contributed by atoms with Crippen molar-refractivity contribution in [2.24, 2.45) is 0 Å². The molecule has 6 nitrogen and oxygen atoms in total. The Kier molecular flexibility index (Phi) is 4.92. The Morgan fingerprint density at radius 2 is 2.12 bits per heavy atom. The molecule has 0 unspecified atom stereocenters. The van der Waals surface area contributed by atoms with E-state index >= 15 is 0 Å². The molecule has 0 atom stereocenters. The van der Waals surface area contributed by atoms with Crippen molar-refractivity contribution in [3.8, 4) is 23.0 Å². The van der Waals surface area contributed by atoms with Crippen LogP contribution in [0.2, 0.25) is 0 Å². The van der Waals surface area contributed by atoms with E-state index in [9.17, 15) is 0 Å². The van der Waals surface area contributed by atoms with Crippen LogP contribution in [0.4, 0.5) is 0 Å². The zero-order valence-electron chi connectivity index (χ0n) is 13.8. The van der Waals surface area contributed by atoms with Crippen molar-refractivity contribution >= 4 is 23.0 Å². The van der Waals surface area contributed by atoms with E-state index in [2.05, 4.69) is 4.98 Å². The van der Waals surface area contributed by atoms with Crippen molar-refractivity contribution in [2.75, 3.05) is 26.6 Å². The molecule has 0 saturated carbocycles. The van der Waals surface area contributed by atoms with Gasteiger partial charge in [-0.25, -0.2) is 4.98 Å². The van der Waals surface area contributed by atoms with E-state index in [0.29, 0.717) is 5.75 Å². The molecule has 2 heterocycles. The highest BCUT2D eigenvalue weighted by Crippen LogP contribution is 2.33. The lowest BCUT2D eigenvalue weighted by molar-refractivity contribution is 0.200. The third-order valence-corrected chi connectivity index (χ3v) is 4.45. The monoisotopic (exact) mass is 345 g/mol. The van der Waals surface area contributed by atoms with Crippen molar-refractivity contribution < 1.29 is 14.6 Å². The van der Waals surface area contributed by atoms with Gasteiger partial charge in [-0.2, -0.15) is 0 Å². The second kappa shape index (κ2) is 7.11. The first-order chi connectivity index (χ1) is 11.7. The lowest BCUT2D eigenvalue weighted by Crippen LogP contribution is -2.04. The fourth-order valence-electron chi connectivity index (χ4n) is 2.55. The molecule has 0 spiro atoms. The summed E-state index contributed by atoms with van der Waals surface area (Å²) >= 11 is 1.56. The summed E-state index contributed by atoms with van der Waals surface area (Å²) in [6, 6.07) is 7.61. The molecule has 1 N–H and O–H groups in total. The Bertz CT molecular complexity index is 864. The third-order valence-electron chi connectivity index (χ3n) is 3.72. The number of nitrogens with zero attached hydrogens (tertiary/aromatic N) is 3. The van der Waals surface area contributed by atoms with Gasteiger partial charge in [-0.3, -0.25) is 8.96 Å². The van der Waals surface area contributed by atoms with Gasteiger partial charge in [-0.15, -0.1) is 0 Å². The number of aromatic nitrogens is 3. The van der Waals surface area contributed by atoms with E-state index in [-0.39, 0.29) is 13.2 Å². The lowest BCUT2D eigenvalue weighted by atomic mass is 10.2. The lowest BCUT2D eigenvalue weighted by Gasteiger charge is -2.11. The number of ether oxygens (including phenoxy) is 2. The normalized spacial score (nSPS) is 11.0. The standard InChI is InChI=1S/C17H19N3O3S/c1-11-15(23-9-8-21)6-7-18-16(11)17-19-13-10-12(22-2)4-5-14(13)20(17)24-3/h4-7,10,21H,8-9H2,1-3H3. The van der Waals surface area contributed by atoms with E-state index < -0.39 is 0 Å². The number of imidazole rings is 1. The summed E-state index contributed by atoms with van der Waals surface area (Å²) in [4.78, 5) is 9.23. The maximum absolute atomic E-state index is 8.96. The average Bonchev–Trinajstić information content (AvgIpc) is 2.98. The molecular weight excluding hydrogens is 326 g/mol. The zero-order valence-corrected chi connectivity index (χ0v) is 14.6. The van der Waals surface area contributed by atoms with Gasteiger partial charge in [-0.05, 0) is 37.1 Å². The van der Waals surface area contributed by atoms with Crippen LogP contribution >= 0.6 is 11.9 Å². The van der Waals surface area contributed by atoms with Gasteiger partial charge in [0.1, 0.15) is 23.8 Å². The predicted molar refractivity (Wildman–Crippen MR) is 95.7 cm³/mol. The highest BCUT2D eigenvalue weighted by atomic mass is 32.2. The molecule has 2 aromatic heterocycles. The molecule has 0 aliphatic rings. The molecule has 3 aromatic rings. The summed E-state index contributed by atoms with van der Waals surface area (Å²) in [5, 5.41) is 8.96. The Morgan fingerprint density at radius 1 is 1.29 bits per heavy atom. The molecule has 0 radical (unpaired) electrons. The minimum atomic E-state index is -0.0276. The summed E-state index contributed by atoms with van der Waals surface area (Å²) in [5.74, 6) is 2.23. The van der Waals surface area contributed by atoms with Crippen LogP contribution in [0, 0.1) is 6.92 Å². The molecule has 0 fully saturated rings. The second-order valence-corrected chi connectivity index (χ2v) is 5.85. The topological polar surface area (TPSA) is 69.4 Å². The van der Waals surface area contributed by atoms with Gasteiger partial charge < -0.3 is 14.6 Å². The van der Waals surface area contributed by atoms with Gasteiger partial charge in [0.25, 0.3) is 0 Å². The van der Waals surface area contributed by atoms with Crippen LogP contribution in [-0.4, -0.2) is 45.6 Å². The molecule has 0 bridgehead atoms. The minimum absolute atomic E-state index is 0.0276. The minimum Gasteiger partial charge on any atom is -0.497 e. The Hall–Kier alpha value is -2.25. The number of aliphatic hydroxyl groups excluding tert-OH is 1. The van der Waals surface area contributed by atoms with Gasteiger partial charge in [0.15, 0.2) is 5.82 Å². The average molecular weight is 345 g/mol. The molecule has 126 valence electrons. The van der Waals surface area contributed by atoms with Crippen molar-refractivity contribution in [1.82, 2.24) is 13.9 Å². The fraction of sp³-hybridized carbons (Fsp3) is 0.294. The van der Waals surface area contributed by atoms with E-state index in [1.54, 1.807) is 31.3 Å². The zero-order chi connectivity index (χ0) is 17.1. The fourth-order valence-corrected chi connectivity index (χ4v) is 3.21. The number of aliphatic hydroxyl groups is 1. The predicted octanol–water partition coefficient (Wildman–Crippen LogP) is 2.91. The maximum Gasteiger partial charge on any atom is 0.170 e. The number of benzene rings is 1. The molecule has 7 heteroatoms. The molecule has 24 heavy (non-hydrogen) atoms. The van der Waals surface area contributed by atoms with Crippen LogP contribution in [0.15, 0.2) is 30.5 Å². The Morgan fingerprint density at radius 3 is 2.83 bits per heavy atom. The van der Waals surface area contributed by atoms with Crippen LogP contribution < -0.4 is 9.47 Å². The quantitative estimate of drug-likeness (QED) is 0.741. The highest BCUT2D eigenvalue weighted by molar-refractivity contribution is 7.97. The number of hydrogen-bond donors (Lipinski definition) is 1. The SMILES string of the molecule is COc1ccc2c(c1)nc(-c1nccc(OCCO)c1C)n2SC. The van der Waals surface area contributed by atoms with Crippen molar-refractivity contribution in [2.45, 2.75) is 6.92 Å². The van der Waals surface area contributed by atoms with E-state index in [1.807, 2.05) is 35.4 Å². The van der Waals surface area contributed by atoms with Crippen molar-refractivity contribution in [1.29, 1.82) is 0 Å². The largest absolute Gasteiger partial charge is 0.497 e. The maximum atomic E-state index is 8.96. The van der Waals surface area contributed by atoms with E-state index in [1.165, 1.54) is 0 Å². The van der Waals surface area contributed by atoms with Gasteiger partial charge in [0.05, 0.1) is 24.8 Å². The number of hydrogen-bond acceptors (Lipinski definition) is 6. The number of methoxy groups -OCH3 is 1. The summed E-state index contributed by atoms with van der Waals surface area (Å²) in [6.45, 7) is 2.17. The van der Waals surface area contributed by atoms with Gasteiger partial charge in [0.2, 0.25) is 0 Å². The number of pyridine rings is 1. The van der Waals surface area contributed by atoms with Crippen LogP contribution in [0.3, 0.4) is 0 Å². The van der Waals surface area contributed by atoms with Gasteiger partial charge in [-0.1, -0.05) is 0 Å². The second-order valence-electron chi connectivity index (χ2n) is 5.12. The Labute approximate surface area is 144 Å². The molecule has 0 amide bonds. The Balaban J connectivity index is 2.15. The van der Waals surface area contributed by atoms with Gasteiger partial charge in [0, 0.05) is 24.1 Å². The molecule has 3 rings (SSSR count). The van der Waals surface area contributed by atoms with E-state index in [0.717, 1.165) is 33.9 Å². The molecular formula is C17H19N3O3S. The first-order valence-electron chi connectivity index (χ1n) is 7.50. The first-order valence-corrected chi connectivity index (χ1v) is 8.68. The third kappa shape index (κ3) is 2.92. The van der Waals surface area contributed by atoms with Gasteiger partial charge >= 0.3 is 0 Å². The molecule has 0 saturated heterocycles. The molecule has 0 aliphatic carbocycles. The summed E-state index contributed by atoms with van der Waals surface area (Å²) in [5.41, 5.74) is 3.50. The summed E-state index contributed by atoms with van der Waals surface area (Å²) in [7, 11) is 1.64. The number of fused-ring (bicyclic) bond motifs is 1. The summed E-state index contributed by atoms with van der Waals surface area (Å²) in [6.07, 6.45) is 3.69. The molecule has 0 aliphatic heterocycles.